The summed E-state index contributed by atoms with van der Waals surface area (Å²) in [6, 6.07) is 1.58. The summed E-state index contributed by atoms with van der Waals surface area (Å²) >= 11 is 0. The summed E-state index contributed by atoms with van der Waals surface area (Å²) in [4.78, 5) is 2.77. The molecule has 3 aliphatic rings. The number of hydrogen-bond acceptors (Lipinski definition) is 2. The maximum Gasteiger partial charge on any atom is 0.0252 e. The number of allylic oxidation sites excluding steroid dienone is 1. The third-order valence-corrected chi connectivity index (χ3v) is 5.45. The first kappa shape index (κ1) is 13.6. The number of nitrogens with one attached hydrogen (secondary N) is 1. The van der Waals surface area contributed by atoms with Gasteiger partial charge in [-0.1, -0.05) is 31.4 Å². The summed E-state index contributed by atoms with van der Waals surface area (Å²) < 4.78 is 0. The highest BCUT2D eigenvalue weighted by atomic mass is 15.2. The molecule has 2 heteroatoms. The molecule has 19 heavy (non-hydrogen) atoms. The Morgan fingerprint density at radius 2 is 1.84 bits per heavy atom. The first-order chi connectivity index (χ1) is 9.38. The van der Waals surface area contributed by atoms with Crippen LogP contribution >= 0.6 is 0 Å². The van der Waals surface area contributed by atoms with Crippen LogP contribution < -0.4 is 5.32 Å². The lowest BCUT2D eigenvalue weighted by atomic mass is 9.82. The molecule has 1 saturated heterocycles. The van der Waals surface area contributed by atoms with E-state index >= 15 is 0 Å². The van der Waals surface area contributed by atoms with Crippen LogP contribution in [0, 0.1) is 11.8 Å². The van der Waals surface area contributed by atoms with Crippen LogP contribution in [0.15, 0.2) is 12.2 Å². The smallest absolute Gasteiger partial charge is 0.0252 e. The van der Waals surface area contributed by atoms with Crippen molar-refractivity contribution >= 4 is 0 Å². The maximum atomic E-state index is 3.90. The van der Waals surface area contributed by atoms with Gasteiger partial charge in [0.05, 0.1) is 0 Å². The van der Waals surface area contributed by atoms with Crippen molar-refractivity contribution in [1.82, 2.24) is 10.2 Å². The van der Waals surface area contributed by atoms with E-state index in [0.29, 0.717) is 0 Å². The van der Waals surface area contributed by atoms with Crippen molar-refractivity contribution in [2.24, 2.45) is 11.8 Å². The van der Waals surface area contributed by atoms with Gasteiger partial charge in [0, 0.05) is 31.7 Å². The fraction of sp³-hybridized carbons (Fsp3) is 0.882. The molecule has 2 nitrogen and oxygen atoms in total. The van der Waals surface area contributed by atoms with Crippen LogP contribution in [0.4, 0.5) is 0 Å². The van der Waals surface area contributed by atoms with Crippen molar-refractivity contribution in [3.8, 4) is 0 Å². The van der Waals surface area contributed by atoms with E-state index in [1.807, 2.05) is 0 Å². The Bertz CT molecular complexity index is 302. The monoisotopic (exact) mass is 262 g/mol. The number of rotatable bonds is 4. The lowest BCUT2D eigenvalue weighted by molar-refractivity contribution is 0.0951. The van der Waals surface area contributed by atoms with Crippen LogP contribution in [0.25, 0.3) is 0 Å². The lowest BCUT2D eigenvalue weighted by Crippen LogP contribution is -2.59. The fourth-order valence-electron chi connectivity index (χ4n) is 4.10. The van der Waals surface area contributed by atoms with Crippen LogP contribution in [0.3, 0.4) is 0 Å². The van der Waals surface area contributed by atoms with E-state index < -0.39 is 0 Å². The van der Waals surface area contributed by atoms with Gasteiger partial charge in [0.2, 0.25) is 0 Å². The largest absolute Gasteiger partial charge is 0.311 e. The quantitative estimate of drug-likeness (QED) is 0.783. The zero-order chi connectivity index (χ0) is 13.1. The molecule has 1 N–H and O–H groups in total. The van der Waals surface area contributed by atoms with E-state index in [0.717, 1.165) is 23.9 Å². The average molecular weight is 262 g/mol. The van der Waals surface area contributed by atoms with Gasteiger partial charge in [-0.15, -0.1) is 0 Å². The normalized spacial score (nSPS) is 35.0. The van der Waals surface area contributed by atoms with Gasteiger partial charge in [-0.05, 0) is 44.4 Å². The summed E-state index contributed by atoms with van der Waals surface area (Å²) in [7, 11) is 0. The fourth-order valence-corrected chi connectivity index (χ4v) is 4.10. The Morgan fingerprint density at radius 3 is 2.53 bits per heavy atom. The van der Waals surface area contributed by atoms with E-state index in [1.165, 1.54) is 64.6 Å². The highest BCUT2D eigenvalue weighted by Gasteiger charge is 2.39. The maximum absolute atomic E-state index is 3.90. The predicted octanol–water partition coefficient (Wildman–Crippen LogP) is 3.20. The van der Waals surface area contributed by atoms with Gasteiger partial charge in [-0.3, -0.25) is 4.90 Å². The number of hydrogen-bond donors (Lipinski definition) is 1. The molecule has 2 atom stereocenters. The zero-order valence-corrected chi connectivity index (χ0v) is 12.5. The molecule has 108 valence electrons. The molecule has 1 heterocycles. The molecule has 3 rings (SSSR count). The molecule has 3 fully saturated rings. The summed E-state index contributed by atoms with van der Waals surface area (Å²) in [5.74, 6) is 1.94. The summed E-state index contributed by atoms with van der Waals surface area (Å²) in [6.45, 7) is 5.84. The van der Waals surface area contributed by atoms with Crippen LogP contribution in [0.2, 0.25) is 0 Å². The van der Waals surface area contributed by atoms with Gasteiger partial charge < -0.3 is 5.32 Å². The molecule has 0 aromatic heterocycles. The Kier molecular flexibility index (Phi) is 4.60. The third kappa shape index (κ3) is 3.41. The van der Waals surface area contributed by atoms with Crippen molar-refractivity contribution in [2.45, 2.75) is 64.0 Å². The van der Waals surface area contributed by atoms with Crippen LogP contribution in [0.5, 0.6) is 0 Å². The standard InChI is InChI=1S/C17H30N2/c1-2-3-11-19-13-16(14-7-5-4-6-8-14)18-12-17(19)15-9-10-15/h2-3,14-18H,4-13H2,1H3/b3-2+. The zero-order valence-electron chi connectivity index (χ0n) is 12.5. The Morgan fingerprint density at radius 1 is 1.05 bits per heavy atom. The Hall–Kier alpha value is -0.340. The van der Waals surface area contributed by atoms with Crippen molar-refractivity contribution in [3.05, 3.63) is 12.2 Å². The molecule has 0 bridgehead atoms. The van der Waals surface area contributed by atoms with Crippen molar-refractivity contribution in [2.75, 3.05) is 19.6 Å². The molecule has 0 aromatic rings. The van der Waals surface area contributed by atoms with Gasteiger partial charge in [-0.25, -0.2) is 0 Å². The molecule has 2 saturated carbocycles. The van der Waals surface area contributed by atoms with Crippen molar-refractivity contribution in [3.63, 3.8) is 0 Å². The third-order valence-electron chi connectivity index (χ3n) is 5.45. The minimum Gasteiger partial charge on any atom is -0.311 e. The predicted molar refractivity (Wildman–Crippen MR) is 81.3 cm³/mol. The van der Waals surface area contributed by atoms with Crippen LogP contribution in [0.1, 0.15) is 51.9 Å². The van der Waals surface area contributed by atoms with Crippen molar-refractivity contribution < 1.29 is 0 Å². The van der Waals surface area contributed by atoms with Crippen LogP contribution in [-0.2, 0) is 0 Å². The highest BCUT2D eigenvalue weighted by Crippen LogP contribution is 2.37. The van der Waals surface area contributed by atoms with E-state index in [9.17, 15) is 0 Å². The number of nitrogens with zero attached hydrogens (tertiary/aromatic N) is 1. The van der Waals surface area contributed by atoms with Crippen molar-refractivity contribution in [1.29, 1.82) is 0 Å². The van der Waals surface area contributed by atoms with Crippen LogP contribution in [-0.4, -0.2) is 36.6 Å². The molecule has 0 amide bonds. The number of piperazine rings is 1. The average Bonchev–Trinajstić information content (AvgIpc) is 3.30. The molecule has 2 unspecified atom stereocenters. The summed E-state index contributed by atoms with van der Waals surface area (Å²) in [5.41, 5.74) is 0. The van der Waals surface area contributed by atoms with E-state index in [2.05, 4.69) is 29.3 Å². The molecule has 1 aliphatic heterocycles. The first-order valence-corrected chi connectivity index (χ1v) is 8.47. The molecular weight excluding hydrogens is 232 g/mol. The minimum absolute atomic E-state index is 0.764. The van der Waals surface area contributed by atoms with Gasteiger partial charge in [0.1, 0.15) is 0 Å². The molecule has 2 aliphatic carbocycles. The summed E-state index contributed by atoms with van der Waals surface area (Å²) in [5, 5.41) is 3.90. The van der Waals surface area contributed by atoms with E-state index in [1.54, 1.807) is 0 Å². The lowest BCUT2D eigenvalue weighted by Gasteiger charge is -2.44. The second kappa shape index (κ2) is 6.41. The SMILES string of the molecule is C/C=C/CN1CC(C2CCCCC2)NCC1C1CC1. The van der Waals surface area contributed by atoms with Gasteiger partial charge in [0.25, 0.3) is 0 Å². The Labute approximate surface area is 118 Å². The highest BCUT2D eigenvalue weighted by molar-refractivity contribution is 4.99. The van der Waals surface area contributed by atoms with E-state index in [4.69, 9.17) is 0 Å². The second-order valence-corrected chi connectivity index (χ2v) is 6.84. The molecular formula is C17H30N2. The minimum atomic E-state index is 0.764. The van der Waals surface area contributed by atoms with Gasteiger partial charge in [-0.2, -0.15) is 0 Å². The van der Waals surface area contributed by atoms with Gasteiger partial charge in [0.15, 0.2) is 0 Å². The second-order valence-electron chi connectivity index (χ2n) is 6.84. The Balaban J connectivity index is 1.59. The topological polar surface area (TPSA) is 15.3 Å². The first-order valence-electron chi connectivity index (χ1n) is 8.47. The molecule has 0 radical (unpaired) electrons. The van der Waals surface area contributed by atoms with Gasteiger partial charge >= 0.3 is 0 Å². The molecule has 0 aromatic carbocycles. The van der Waals surface area contributed by atoms with E-state index in [-0.39, 0.29) is 0 Å². The molecule has 0 spiro atoms. The summed E-state index contributed by atoms with van der Waals surface area (Å²) in [6.07, 6.45) is 14.8.